The molecule has 0 unspecified atom stereocenters. The van der Waals surface area contributed by atoms with Crippen molar-refractivity contribution in [3.05, 3.63) is 54.4 Å². The maximum absolute atomic E-state index is 5.67. The van der Waals surface area contributed by atoms with Gasteiger partial charge >= 0.3 is 0 Å². The first-order valence-electron chi connectivity index (χ1n) is 5.70. The van der Waals surface area contributed by atoms with Gasteiger partial charge in [0.2, 0.25) is 0 Å². The molecule has 1 heterocycles. The summed E-state index contributed by atoms with van der Waals surface area (Å²) in [6.45, 7) is 0.668. The number of alkyl halides is 1. The maximum Gasteiger partial charge on any atom is 0.137 e. The average Bonchev–Trinajstić information content (AvgIpc) is 2.45. The molecule has 2 rings (SSSR count). The van der Waals surface area contributed by atoms with E-state index in [0.29, 0.717) is 12.5 Å². The Hall–Kier alpha value is -1.19. The molecule has 0 saturated carbocycles. The minimum atomic E-state index is 0.435. The fraction of sp³-hybridized carbons (Fsp3) is 0.214. The lowest BCUT2D eigenvalue weighted by Gasteiger charge is -2.06. The third kappa shape index (κ3) is 4.24. The number of pyridine rings is 1. The van der Waals surface area contributed by atoms with Gasteiger partial charge in [-0.1, -0.05) is 18.2 Å². The van der Waals surface area contributed by atoms with Gasteiger partial charge in [0.05, 0.1) is 24.4 Å². The molecule has 18 heavy (non-hydrogen) atoms. The van der Waals surface area contributed by atoms with Crippen molar-refractivity contribution in [2.24, 2.45) is 0 Å². The van der Waals surface area contributed by atoms with Gasteiger partial charge in [0, 0.05) is 10.6 Å². The van der Waals surface area contributed by atoms with E-state index in [1.165, 1.54) is 4.90 Å². The first kappa shape index (κ1) is 13.2. The summed E-state index contributed by atoms with van der Waals surface area (Å²) in [5.74, 6) is 2.14. The Labute approximate surface area is 116 Å². The summed E-state index contributed by atoms with van der Waals surface area (Å²) in [7, 11) is 0. The van der Waals surface area contributed by atoms with Gasteiger partial charge < -0.3 is 4.74 Å². The van der Waals surface area contributed by atoms with Crippen LogP contribution in [-0.2, 0) is 5.88 Å². The van der Waals surface area contributed by atoms with E-state index in [9.17, 15) is 0 Å². The lowest BCUT2D eigenvalue weighted by atomic mass is 10.4. The SMILES string of the molecule is ClCc1ccc(OCCSc2ccccc2)cn1. The molecule has 0 atom stereocenters. The van der Waals surface area contributed by atoms with Gasteiger partial charge in [0.25, 0.3) is 0 Å². The molecule has 0 radical (unpaired) electrons. The molecule has 0 N–H and O–H groups in total. The van der Waals surface area contributed by atoms with Crippen LogP contribution in [-0.4, -0.2) is 17.3 Å². The molecule has 1 aromatic carbocycles. The van der Waals surface area contributed by atoms with Crippen molar-refractivity contribution in [3.8, 4) is 5.75 Å². The van der Waals surface area contributed by atoms with Crippen LogP contribution in [0.15, 0.2) is 53.6 Å². The predicted octanol–water partition coefficient (Wildman–Crippen LogP) is 3.99. The van der Waals surface area contributed by atoms with E-state index in [1.54, 1.807) is 18.0 Å². The van der Waals surface area contributed by atoms with Crippen LogP contribution in [0.1, 0.15) is 5.69 Å². The van der Waals surface area contributed by atoms with Crippen molar-refractivity contribution >= 4 is 23.4 Å². The zero-order chi connectivity index (χ0) is 12.6. The van der Waals surface area contributed by atoms with Crippen molar-refractivity contribution in [3.63, 3.8) is 0 Å². The minimum Gasteiger partial charge on any atom is -0.491 e. The van der Waals surface area contributed by atoms with Crippen LogP contribution in [0.5, 0.6) is 5.75 Å². The van der Waals surface area contributed by atoms with Gasteiger partial charge in [-0.05, 0) is 24.3 Å². The number of halogens is 1. The largest absolute Gasteiger partial charge is 0.491 e. The van der Waals surface area contributed by atoms with Crippen LogP contribution in [0.25, 0.3) is 0 Å². The van der Waals surface area contributed by atoms with E-state index in [1.807, 2.05) is 30.3 Å². The number of benzene rings is 1. The molecule has 4 heteroatoms. The molecule has 0 bridgehead atoms. The van der Waals surface area contributed by atoms with Crippen LogP contribution in [0.4, 0.5) is 0 Å². The van der Waals surface area contributed by atoms with Gasteiger partial charge in [0.1, 0.15) is 5.75 Å². The monoisotopic (exact) mass is 279 g/mol. The quantitative estimate of drug-likeness (QED) is 0.453. The topological polar surface area (TPSA) is 22.1 Å². The lowest BCUT2D eigenvalue weighted by Crippen LogP contribution is -2.00. The van der Waals surface area contributed by atoms with Gasteiger partial charge in [0.15, 0.2) is 0 Å². The van der Waals surface area contributed by atoms with Crippen molar-refractivity contribution in [1.29, 1.82) is 0 Å². The first-order valence-corrected chi connectivity index (χ1v) is 7.22. The highest BCUT2D eigenvalue weighted by Crippen LogP contribution is 2.17. The highest BCUT2D eigenvalue weighted by atomic mass is 35.5. The molecule has 1 aromatic heterocycles. The van der Waals surface area contributed by atoms with Gasteiger partial charge in [-0.15, -0.1) is 23.4 Å². The molecule has 0 spiro atoms. The van der Waals surface area contributed by atoms with Crippen LogP contribution in [0, 0.1) is 0 Å². The Bertz CT molecular complexity index is 461. The highest BCUT2D eigenvalue weighted by molar-refractivity contribution is 7.99. The summed E-state index contributed by atoms with van der Waals surface area (Å²) < 4.78 is 5.60. The van der Waals surface area contributed by atoms with Gasteiger partial charge in [-0.25, -0.2) is 0 Å². The number of aromatic nitrogens is 1. The number of hydrogen-bond acceptors (Lipinski definition) is 3. The molecule has 2 aromatic rings. The smallest absolute Gasteiger partial charge is 0.137 e. The Balaban J connectivity index is 1.72. The second kappa shape index (κ2) is 7.29. The Morgan fingerprint density at radius 1 is 1.11 bits per heavy atom. The number of hydrogen-bond donors (Lipinski definition) is 0. The van der Waals surface area contributed by atoms with Gasteiger partial charge in [-0.3, -0.25) is 4.98 Å². The van der Waals surface area contributed by atoms with E-state index in [4.69, 9.17) is 16.3 Å². The molecule has 0 fully saturated rings. The summed E-state index contributed by atoms with van der Waals surface area (Å²) >= 11 is 7.45. The predicted molar refractivity (Wildman–Crippen MR) is 76.5 cm³/mol. The molecular weight excluding hydrogens is 266 g/mol. The molecule has 2 nitrogen and oxygen atoms in total. The molecule has 0 aliphatic heterocycles. The molecule has 0 saturated heterocycles. The molecular formula is C14H14ClNOS. The zero-order valence-corrected chi connectivity index (χ0v) is 11.5. The number of rotatable bonds is 6. The Morgan fingerprint density at radius 3 is 2.61 bits per heavy atom. The van der Waals surface area contributed by atoms with E-state index in [0.717, 1.165) is 17.2 Å². The van der Waals surface area contributed by atoms with Crippen molar-refractivity contribution < 1.29 is 4.74 Å². The molecule has 94 valence electrons. The zero-order valence-electron chi connectivity index (χ0n) is 9.88. The summed E-state index contributed by atoms with van der Waals surface area (Å²) in [4.78, 5) is 5.43. The summed E-state index contributed by atoms with van der Waals surface area (Å²) in [6.07, 6.45) is 1.71. The maximum atomic E-state index is 5.67. The minimum absolute atomic E-state index is 0.435. The lowest BCUT2D eigenvalue weighted by molar-refractivity contribution is 0.342. The van der Waals surface area contributed by atoms with Crippen molar-refractivity contribution in [2.75, 3.05) is 12.4 Å². The Kier molecular flexibility index (Phi) is 5.36. The number of nitrogens with zero attached hydrogens (tertiary/aromatic N) is 1. The normalized spacial score (nSPS) is 10.3. The standard InChI is InChI=1S/C14H14ClNOS/c15-10-12-6-7-13(11-16-12)17-8-9-18-14-4-2-1-3-5-14/h1-7,11H,8-10H2. The summed E-state index contributed by atoms with van der Waals surface area (Å²) in [5, 5.41) is 0. The van der Waals surface area contributed by atoms with E-state index in [-0.39, 0.29) is 0 Å². The second-order valence-electron chi connectivity index (χ2n) is 3.63. The fourth-order valence-corrected chi connectivity index (χ4v) is 2.32. The van der Waals surface area contributed by atoms with Crippen LogP contribution in [0.3, 0.4) is 0 Å². The number of thioether (sulfide) groups is 1. The second-order valence-corrected chi connectivity index (χ2v) is 5.06. The van der Waals surface area contributed by atoms with Crippen LogP contribution < -0.4 is 4.74 Å². The van der Waals surface area contributed by atoms with Crippen LogP contribution in [0.2, 0.25) is 0 Å². The summed E-state index contributed by atoms with van der Waals surface area (Å²) in [6, 6.07) is 14.1. The highest BCUT2D eigenvalue weighted by Gasteiger charge is 1.97. The van der Waals surface area contributed by atoms with Crippen LogP contribution >= 0.6 is 23.4 Å². The molecule has 0 aliphatic rings. The molecule has 0 amide bonds. The third-order valence-corrected chi connectivity index (χ3v) is 3.55. The fourth-order valence-electron chi connectivity index (χ4n) is 1.41. The average molecular weight is 280 g/mol. The summed E-state index contributed by atoms with van der Waals surface area (Å²) in [5.41, 5.74) is 0.864. The first-order chi connectivity index (χ1) is 8.88. The third-order valence-electron chi connectivity index (χ3n) is 2.30. The van der Waals surface area contributed by atoms with Gasteiger partial charge in [-0.2, -0.15) is 0 Å². The van der Waals surface area contributed by atoms with Crippen molar-refractivity contribution in [1.82, 2.24) is 4.98 Å². The van der Waals surface area contributed by atoms with Crippen molar-refractivity contribution in [2.45, 2.75) is 10.8 Å². The Morgan fingerprint density at radius 2 is 1.94 bits per heavy atom. The van der Waals surface area contributed by atoms with E-state index < -0.39 is 0 Å². The van der Waals surface area contributed by atoms with E-state index in [2.05, 4.69) is 17.1 Å². The number of ether oxygens (including phenoxy) is 1. The molecule has 0 aliphatic carbocycles. The van der Waals surface area contributed by atoms with E-state index >= 15 is 0 Å².